The number of hydrogen-bond donors (Lipinski definition) is 0. The first-order chi connectivity index (χ1) is 11.8. The molecule has 0 aliphatic heterocycles. The molecule has 0 aliphatic carbocycles. The minimum absolute atomic E-state index is 0.524. The quantitative estimate of drug-likeness (QED) is 0.248. The average molecular weight is 339 g/mol. The highest BCUT2D eigenvalue weighted by atomic mass is 14.2. The molecule has 0 amide bonds. The first kappa shape index (κ1) is 23.2. The van der Waals surface area contributed by atoms with Crippen molar-refractivity contribution in [2.75, 3.05) is 0 Å². The Balaban J connectivity index is 5.07. The van der Waals surface area contributed by atoms with E-state index in [1.165, 1.54) is 16.7 Å². The molecule has 138 valence electrons. The van der Waals surface area contributed by atoms with Crippen molar-refractivity contribution in [1.29, 1.82) is 0 Å². The van der Waals surface area contributed by atoms with Crippen molar-refractivity contribution < 1.29 is 0 Å². The van der Waals surface area contributed by atoms with Crippen LogP contribution >= 0.6 is 0 Å². The van der Waals surface area contributed by atoms with Crippen LogP contribution in [0.1, 0.15) is 66.7 Å². The van der Waals surface area contributed by atoms with Crippen molar-refractivity contribution in [1.82, 2.24) is 0 Å². The van der Waals surface area contributed by atoms with Crippen molar-refractivity contribution in [2.45, 2.75) is 66.7 Å². The molecule has 0 saturated carbocycles. The average Bonchev–Trinajstić information content (AvgIpc) is 2.53. The highest BCUT2D eigenvalue weighted by Gasteiger charge is 2.10. The fourth-order valence-corrected chi connectivity index (χ4v) is 2.74. The third-order valence-corrected chi connectivity index (χ3v) is 4.33. The van der Waals surface area contributed by atoms with Crippen LogP contribution in [0.25, 0.3) is 0 Å². The Kier molecular flexibility index (Phi) is 12.5. The molecule has 0 saturated heterocycles. The van der Waals surface area contributed by atoms with Crippen molar-refractivity contribution in [3.63, 3.8) is 0 Å². The van der Waals surface area contributed by atoms with E-state index in [0.29, 0.717) is 5.92 Å². The molecule has 0 heteroatoms. The maximum Gasteiger partial charge on any atom is -0.0165 e. The van der Waals surface area contributed by atoms with Crippen molar-refractivity contribution in [3.8, 4) is 0 Å². The Bertz CT molecular complexity index is 557. The largest absolute Gasteiger partial charge is 0.0988 e. The SMILES string of the molecule is C=CC(=C)CCC(C/C=C(\C)CC/C=C/C)/C(C)=C/C(=C)C=C(C)C. The van der Waals surface area contributed by atoms with E-state index in [-0.39, 0.29) is 0 Å². The van der Waals surface area contributed by atoms with Gasteiger partial charge in [-0.05, 0) is 78.2 Å². The zero-order valence-electron chi connectivity index (χ0n) is 17.2. The van der Waals surface area contributed by atoms with Gasteiger partial charge in [-0.25, -0.2) is 0 Å². The van der Waals surface area contributed by atoms with Crippen molar-refractivity contribution in [2.24, 2.45) is 5.92 Å². The van der Waals surface area contributed by atoms with E-state index in [1.54, 1.807) is 0 Å². The van der Waals surface area contributed by atoms with Gasteiger partial charge >= 0.3 is 0 Å². The predicted molar refractivity (Wildman–Crippen MR) is 117 cm³/mol. The van der Waals surface area contributed by atoms with E-state index in [4.69, 9.17) is 0 Å². The fraction of sp³-hybridized carbons (Fsp3) is 0.440. The Morgan fingerprint density at radius 1 is 1.00 bits per heavy atom. The van der Waals surface area contributed by atoms with Gasteiger partial charge in [-0.3, -0.25) is 0 Å². The van der Waals surface area contributed by atoms with E-state index < -0.39 is 0 Å². The van der Waals surface area contributed by atoms with Crippen LogP contribution in [-0.2, 0) is 0 Å². The Hall–Kier alpha value is -1.82. The van der Waals surface area contributed by atoms with E-state index >= 15 is 0 Å². The third kappa shape index (κ3) is 12.2. The minimum atomic E-state index is 0.524. The standard InChI is InChI=1S/C25H38/c1-9-11-12-13-22(6)15-17-25(16-14-21(5)10-2)24(8)19-23(7)18-20(3)4/h9-11,15,18-19,25H,2,5,7,12-14,16-17H2,1,3-4,6,8H3/b11-9+,22-15+,24-19+. The van der Waals surface area contributed by atoms with Gasteiger partial charge in [0.15, 0.2) is 0 Å². The summed E-state index contributed by atoms with van der Waals surface area (Å²) in [5.41, 5.74) is 6.36. The maximum atomic E-state index is 4.16. The summed E-state index contributed by atoms with van der Waals surface area (Å²) < 4.78 is 0. The first-order valence-electron chi connectivity index (χ1n) is 9.39. The topological polar surface area (TPSA) is 0 Å². The Morgan fingerprint density at radius 2 is 1.68 bits per heavy atom. The van der Waals surface area contributed by atoms with Gasteiger partial charge in [0.1, 0.15) is 0 Å². The zero-order valence-corrected chi connectivity index (χ0v) is 17.2. The van der Waals surface area contributed by atoms with Crippen LogP contribution in [0.4, 0.5) is 0 Å². The molecule has 0 N–H and O–H groups in total. The molecule has 0 nitrogen and oxygen atoms in total. The molecule has 0 aromatic heterocycles. The van der Waals surface area contributed by atoms with Gasteiger partial charge in [-0.15, -0.1) is 0 Å². The smallest absolute Gasteiger partial charge is 0.0165 e. The summed E-state index contributed by atoms with van der Waals surface area (Å²) in [7, 11) is 0. The maximum absolute atomic E-state index is 4.16. The Labute approximate surface area is 157 Å². The van der Waals surface area contributed by atoms with Crippen LogP contribution in [0, 0.1) is 5.92 Å². The second-order valence-electron chi connectivity index (χ2n) is 7.18. The van der Waals surface area contributed by atoms with Crippen LogP contribution in [0.5, 0.6) is 0 Å². The lowest BCUT2D eigenvalue weighted by Gasteiger charge is -2.17. The van der Waals surface area contributed by atoms with Crippen molar-refractivity contribution >= 4 is 0 Å². The molecule has 1 atom stereocenters. The molecular weight excluding hydrogens is 300 g/mol. The second-order valence-corrected chi connectivity index (χ2v) is 7.18. The molecule has 25 heavy (non-hydrogen) atoms. The zero-order chi connectivity index (χ0) is 19.2. The lowest BCUT2D eigenvalue weighted by Crippen LogP contribution is -2.02. The summed E-state index contributed by atoms with van der Waals surface area (Å²) >= 11 is 0. The van der Waals surface area contributed by atoms with E-state index in [0.717, 1.165) is 43.3 Å². The minimum Gasteiger partial charge on any atom is -0.0988 e. The van der Waals surface area contributed by atoms with Crippen LogP contribution < -0.4 is 0 Å². The van der Waals surface area contributed by atoms with Crippen LogP contribution in [0.3, 0.4) is 0 Å². The number of rotatable bonds is 12. The summed E-state index contributed by atoms with van der Waals surface area (Å²) in [5, 5.41) is 0. The summed E-state index contributed by atoms with van der Waals surface area (Å²) in [6.45, 7) is 22.8. The van der Waals surface area contributed by atoms with Crippen LogP contribution in [0.15, 0.2) is 84.1 Å². The van der Waals surface area contributed by atoms with Crippen molar-refractivity contribution in [3.05, 3.63) is 84.1 Å². The molecular formula is C25H38. The van der Waals surface area contributed by atoms with Crippen LogP contribution in [0.2, 0.25) is 0 Å². The van der Waals surface area contributed by atoms with Gasteiger partial charge in [0, 0.05) is 0 Å². The van der Waals surface area contributed by atoms with E-state index in [1.807, 2.05) is 6.08 Å². The highest BCUT2D eigenvalue weighted by Crippen LogP contribution is 2.26. The fourth-order valence-electron chi connectivity index (χ4n) is 2.74. The molecule has 0 aromatic rings. The third-order valence-electron chi connectivity index (χ3n) is 4.33. The van der Waals surface area contributed by atoms with Gasteiger partial charge in [-0.1, -0.05) is 78.5 Å². The molecule has 0 fully saturated rings. The summed E-state index contributed by atoms with van der Waals surface area (Å²) in [4.78, 5) is 0. The predicted octanol–water partition coefficient (Wildman–Crippen LogP) is 8.29. The number of allylic oxidation sites excluding steroid dienone is 11. The second kappa shape index (κ2) is 13.5. The van der Waals surface area contributed by atoms with E-state index in [2.05, 4.69) is 84.7 Å². The van der Waals surface area contributed by atoms with Crippen LogP contribution in [-0.4, -0.2) is 0 Å². The molecule has 0 heterocycles. The highest BCUT2D eigenvalue weighted by molar-refractivity contribution is 5.33. The first-order valence-corrected chi connectivity index (χ1v) is 9.39. The molecule has 0 aromatic carbocycles. The molecule has 0 aliphatic rings. The molecule has 1 unspecified atom stereocenters. The molecule has 0 bridgehead atoms. The summed E-state index contributed by atoms with van der Waals surface area (Å²) in [6.07, 6.45) is 18.5. The summed E-state index contributed by atoms with van der Waals surface area (Å²) in [5.74, 6) is 0.524. The van der Waals surface area contributed by atoms with E-state index in [9.17, 15) is 0 Å². The lowest BCUT2D eigenvalue weighted by atomic mass is 9.88. The Morgan fingerprint density at radius 3 is 2.24 bits per heavy atom. The summed E-state index contributed by atoms with van der Waals surface area (Å²) in [6, 6.07) is 0. The molecule has 0 spiro atoms. The van der Waals surface area contributed by atoms with Gasteiger partial charge < -0.3 is 0 Å². The molecule has 0 rings (SSSR count). The monoisotopic (exact) mass is 338 g/mol. The molecule has 0 radical (unpaired) electrons. The van der Waals surface area contributed by atoms with Gasteiger partial charge in [0.25, 0.3) is 0 Å². The van der Waals surface area contributed by atoms with Gasteiger partial charge in [-0.2, -0.15) is 0 Å². The number of hydrogen-bond acceptors (Lipinski definition) is 0. The van der Waals surface area contributed by atoms with Gasteiger partial charge in [0.05, 0.1) is 0 Å². The normalized spacial score (nSPS) is 13.6. The van der Waals surface area contributed by atoms with Gasteiger partial charge in [0.2, 0.25) is 0 Å². The lowest BCUT2D eigenvalue weighted by molar-refractivity contribution is 0.566.